The lowest BCUT2D eigenvalue weighted by atomic mass is 10.1. The van der Waals surface area contributed by atoms with Crippen LogP contribution in [0.2, 0.25) is 0 Å². The van der Waals surface area contributed by atoms with Gasteiger partial charge in [0.05, 0.1) is 22.9 Å². The van der Waals surface area contributed by atoms with Gasteiger partial charge in [-0.2, -0.15) is 0 Å². The summed E-state index contributed by atoms with van der Waals surface area (Å²) in [6.45, 7) is 7.75. The van der Waals surface area contributed by atoms with E-state index in [-0.39, 0.29) is 18.7 Å². The number of carbonyl (C=O) groups excluding carboxylic acids is 1. The zero-order chi connectivity index (χ0) is 28.2. The van der Waals surface area contributed by atoms with Crippen molar-refractivity contribution in [2.75, 3.05) is 71.3 Å². The molecule has 214 valence electrons. The van der Waals surface area contributed by atoms with Crippen molar-refractivity contribution in [3.8, 4) is 10.4 Å². The summed E-state index contributed by atoms with van der Waals surface area (Å²) in [6.07, 6.45) is 1.57. The topological polar surface area (TPSA) is 88.1 Å². The summed E-state index contributed by atoms with van der Waals surface area (Å²) in [6, 6.07) is 20.7. The van der Waals surface area contributed by atoms with Crippen LogP contribution >= 0.6 is 11.3 Å². The van der Waals surface area contributed by atoms with Crippen LogP contribution in [0.25, 0.3) is 20.7 Å². The average molecular weight is 572 g/mol. The van der Waals surface area contributed by atoms with E-state index in [9.17, 15) is 9.90 Å². The Morgan fingerprint density at radius 3 is 2.29 bits per heavy atom. The molecule has 2 fully saturated rings. The fourth-order valence-corrected chi connectivity index (χ4v) is 6.58. The highest BCUT2D eigenvalue weighted by Gasteiger charge is 2.27. The molecule has 4 aromatic rings. The number of hydrogen-bond donors (Lipinski definition) is 2. The molecule has 2 amide bonds. The number of aliphatic hydroxyl groups excluding tert-OH is 1. The number of benzene rings is 2. The molecule has 0 aliphatic carbocycles. The van der Waals surface area contributed by atoms with Crippen LogP contribution in [-0.4, -0.2) is 107 Å². The molecular weight excluding hydrogens is 534 g/mol. The lowest BCUT2D eigenvalue weighted by molar-refractivity contribution is 0.0937. The summed E-state index contributed by atoms with van der Waals surface area (Å²) >= 11 is 1.66. The largest absolute Gasteiger partial charge is 0.394 e. The summed E-state index contributed by atoms with van der Waals surface area (Å²) in [5.41, 5.74) is 4.31. The van der Waals surface area contributed by atoms with Gasteiger partial charge in [-0.05, 0) is 29.8 Å². The lowest BCUT2D eigenvalue weighted by Gasteiger charge is -2.40. The highest BCUT2D eigenvalue weighted by atomic mass is 32.1. The van der Waals surface area contributed by atoms with Gasteiger partial charge in [-0.25, -0.2) is 14.8 Å². The maximum Gasteiger partial charge on any atom is 0.320 e. The third-order valence-electron chi connectivity index (χ3n) is 8.07. The smallest absolute Gasteiger partial charge is 0.320 e. The van der Waals surface area contributed by atoms with Crippen molar-refractivity contribution in [2.24, 2.45) is 0 Å². The first-order valence-corrected chi connectivity index (χ1v) is 15.1. The second kappa shape index (κ2) is 12.5. The zero-order valence-electron chi connectivity index (χ0n) is 23.4. The van der Waals surface area contributed by atoms with Gasteiger partial charge >= 0.3 is 6.03 Å². The van der Waals surface area contributed by atoms with E-state index in [0.29, 0.717) is 0 Å². The van der Waals surface area contributed by atoms with Crippen LogP contribution in [0, 0.1) is 0 Å². The normalized spacial score (nSPS) is 17.6. The predicted molar refractivity (Wildman–Crippen MR) is 164 cm³/mol. The SMILES string of the molecule is CN1CCN(C(=O)N2CCN(Cc3ccc(-c4cc5ncnc(N[C@H](CO)c6ccccc6)c5s4)cc3)CC2)CC1. The van der Waals surface area contributed by atoms with Crippen molar-refractivity contribution in [1.82, 2.24) is 29.6 Å². The summed E-state index contributed by atoms with van der Waals surface area (Å²) in [4.78, 5) is 31.8. The van der Waals surface area contributed by atoms with E-state index in [4.69, 9.17) is 0 Å². The number of likely N-dealkylation sites (N-methyl/N-ethyl adjacent to an activating group) is 1. The number of nitrogens with zero attached hydrogens (tertiary/aromatic N) is 6. The van der Waals surface area contributed by atoms with Crippen LogP contribution in [-0.2, 0) is 6.54 Å². The molecule has 9 nitrogen and oxygen atoms in total. The summed E-state index contributed by atoms with van der Waals surface area (Å²) < 4.78 is 0.977. The number of nitrogens with one attached hydrogen (secondary N) is 1. The van der Waals surface area contributed by atoms with E-state index >= 15 is 0 Å². The molecule has 0 spiro atoms. The number of urea groups is 1. The Bertz CT molecular complexity index is 1450. The van der Waals surface area contributed by atoms with Crippen LogP contribution in [0.1, 0.15) is 17.2 Å². The number of carbonyl (C=O) groups is 1. The van der Waals surface area contributed by atoms with Crippen molar-refractivity contribution in [1.29, 1.82) is 0 Å². The van der Waals surface area contributed by atoms with Gasteiger partial charge in [-0.3, -0.25) is 4.90 Å². The van der Waals surface area contributed by atoms with E-state index in [1.54, 1.807) is 17.7 Å². The van der Waals surface area contributed by atoms with Crippen LogP contribution < -0.4 is 5.32 Å². The summed E-state index contributed by atoms with van der Waals surface area (Å²) in [7, 11) is 2.11. The molecular formula is C31H37N7O2S. The van der Waals surface area contributed by atoms with Crippen molar-refractivity contribution in [2.45, 2.75) is 12.6 Å². The number of hydrogen-bond acceptors (Lipinski definition) is 8. The van der Waals surface area contributed by atoms with Crippen molar-refractivity contribution in [3.05, 3.63) is 78.1 Å². The molecule has 2 aromatic carbocycles. The van der Waals surface area contributed by atoms with Crippen molar-refractivity contribution in [3.63, 3.8) is 0 Å². The van der Waals surface area contributed by atoms with Gasteiger partial charge in [0, 0.05) is 63.8 Å². The Kier molecular flexibility index (Phi) is 8.43. The molecule has 0 bridgehead atoms. The van der Waals surface area contributed by atoms with E-state index < -0.39 is 0 Å². The maximum absolute atomic E-state index is 12.9. The highest BCUT2D eigenvalue weighted by molar-refractivity contribution is 7.22. The molecule has 10 heteroatoms. The van der Waals surface area contributed by atoms with Gasteiger partial charge < -0.3 is 25.1 Å². The Hall–Kier alpha value is -3.57. The van der Waals surface area contributed by atoms with Gasteiger partial charge in [-0.15, -0.1) is 11.3 Å². The Balaban J connectivity index is 1.07. The first kappa shape index (κ1) is 27.6. The van der Waals surface area contributed by atoms with E-state index in [1.807, 2.05) is 40.1 Å². The van der Waals surface area contributed by atoms with Crippen LogP contribution in [0.15, 0.2) is 67.0 Å². The molecule has 0 saturated carbocycles. The average Bonchev–Trinajstić information content (AvgIpc) is 3.46. The minimum atomic E-state index is -0.245. The number of aliphatic hydroxyl groups is 1. The molecule has 1 atom stereocenters. The molecule has 2 aliphatic rings. The number of amides is 2. The molecule has 0 radical (unpaired) electrons. The third kappa shape index (κ3) is 6.36. The Morgan fingerprint density at radius 1 is 0.927 bits per heavy atom. The lowest BCUT2D eigenvalue weighted by Crippen LogP contribution is -2.56. The number of piperazine rings is 2. The predicted octanol–water partition coefficient (Wildman–Crippen LogP) is 3.99. The Labute approximate surface area is 245 Å². The molecule has 41 heavy (non-hydrogen) atoms. The van der Waals surface area contributed by atoms with Gasteiger partial charge in [0.25, 0.3) is 0 Å². The zero-order valence-corrected chi connectivity index (χ0v) is 24.3. The molecule has 2 aromatic heterocycles. The third-order valence-corrected chi connectivity index (χ3v) is 9.25. The molecule has 2 saturated heterocycles. The first-order valence-electron chi connectivity index (χ1n) is 14.3. The van der Waals surface area contributed by atoms with E-state index in [0.717, 1.165) is 90.9 Å². The quantitative estimate of drug-likeness (QED) is 0.347. The molecule has 6 rings (SSSR count). The fraction of sp³-hybridized carbons (Fsp3) is 0.387. The monoisotopic (exact) mass is 571 g/mol. The standard InChI is InChI=1S/C31H37N7O2S/c1-35-11-15-37(16-12-35)31(40)38-17-13-36(14-18-38)20-23-7-9-25(10-8-23)28-19-26-29(41-28)30(33-22-32-26)34-27(21-39)24-5-3-2-4-6-24/h2-10,19,22,27,39H,11-18,20-21H2,1H3,(H,32,33,34)/t27-/m1/s1. The number of thiophene rings is 1. The molecule has 2 aliphatic heterocycles. The van der Waals surface area contributed by atoms with Gasteiger partial charge in [0.1, 0.15) is 12.1 Å². The fourth-order valence-electron chi connectivity index (χ4n) is 5.51. The number of anilines is 1. The molecule has 4 heterocycles. The number of fused-ring (bicyclic) bond motifs is 1. The number of rotatable bonds is 7. The molecule has 0 unspecified atom stereocenters. The van der Waals surface area contributed by atoms with Gasteiger partial charge in [0.15, 0.2) is 0 Å². The maximum atomic E-state index is 12.9. The second-order valence-electron chi connectivity index (χ2n) is 10.9. The van der Waals surface area contributed by atoms with E-state index in [1.165, 1.54) is 5.56 Å². The Morgan fingerprint density at radius 2 is 1.61 bits per heavy atom. The van der Waals surface area contributed by atoms with Gasteiger partial charge in [-0.1, -0.05) is 54.6 Å². The second-order valence-corrected chi connectivity index (χ2v) is 11.9. The minimum Gasteiger partial charge on any atom is -0.394 e. The summed E-state index contributed by atoms with van der Waals surface area (Å²) in [5.74, 6) is 0.732. The van der Waals surface area contributed by atoms with Crippen molar-refractivity contribution < 1.29 is 9.90 Å². The number of aromatic nitrogens is 2. The highest BCUT2D eigenvalue weighted by Crippen LogP contribution is 2.36. The van der Waals surface area contributed by atoms with Crippen LogP contribution in [0.3, 0.4) is 0 Å². The van der Waals surface area contributed by atoms with Crippen LogP contribution in [0.4, 0.5) is 10.6 Å². The van der Waals surface area contributed by atoms with Crippen LogP contribution in [0.5, 0.6) is 0 Å². The minimum absolute atomic E-state index is 0.0309. The van der Waals surface area contributed by atoms with E-state index in [2.05, 4.69) is 62.5 Å². The molecule has 2 N–H and O–H groups in total. The summed E-state index contributed by atoms with van der Waals surface area (Å²) in [5, 5.41) is 13.4. The van der Waals surface area contributed by atoms with Gasteiger partial charge in [0.2, 0.25) is 0 Å². The first-order chi connectivity index (χ1) is 20.1. The van der Waals surface area contributed by atoms with Crippen molar-refractivity contribution >= 4 is 33.4 Å².